The molecule has 1 unspecified atom stereocenters. The van der Waals surface area contributed by atoms with Gasteiger partial charge in [0.05, 0.1) is 11.6 Å². The Morgan fingerprint density at radius 1 is 1.24 bits per heavy atom. The van der Waals surface area contributed by atoms with Crippen LogP contribution in [-0.2, 0) is 21.7 Å². The highest BCUT2D eigenvalue weighted by Crippen LogP contribution is 2.28. The van der Waals surface area contributed by atoms with E-state index in [1.165, 1.54) is 6.07 Å². The molecule has 1 aliphatic heterocycles. The van der Waals surface area contributed by atoms with Crippen molar-refractivity contribution >= 4 is 17.8 Å². The Morgan fingerprint density at radius 2 is 1.93 bits per heavy atom. The first kappa shape index (κ1) is 20.0. The summed E-state index contributed by atoms with van der Waals surface area (Å²) in [5.41, 5.74) is 0.680. The number of imide groups is 1. The molecule has 0 aromatic heterocycles. The molecule has 1 atom stereocenters. The van der Waals surface area contributed by atoms with Gasteiger partial charge in [-0.25, -0.2) is 9.18 Å². The summed E-state index contributed by atoms with van der Waals surface area (Å²) >= 11 is 0. The van der Waals surface area contributed by atoms with Crippen molar-refractivity contribution in [3.05, 3.63) is 70.5 Å². The van der Waals surface area contributed by atoms with E-state index in [0.29, 0.717) is 22.3 Å². The number of hydrogen-bond acceptors (Lipinski definition) is 4. The molecule has 29 heavy (non-hydrogen) atoms. The van der Waals surface area contributed by atoms with Crippen LogP contribution in [-0.4, -0.2) is 29.3 Å². The third-order valence-corrected chi connectivity index (χ3v) is 4.89. The van der Waals surface area contributed by atoms with Gasteiger partial charge in [0.1, 0.15) is 17.9 Å². The molecule has 2 aromatic rings. The van der Waals surface area contributed by atoms with Gasteiger partial charge < -0.3 is 10.6 Å². The van der Waals surface area contributed by atoms with E-state index >= 15 is 0 Å². The van der Waals surface area contributed by atoms with Crippen molar-refractivity contribution < 1.29 is 18.8 Å². The number of rotatable bonds is 5. The highest BCUT2D eigenvalue weighted by Gasteiger charge is 2.49. The number of carbonyl (C=O) groups is 3. The average molecular weight is 394 g/mol. The number of carbonyl (C=O) groups excluding carboxylic acids is 3. The minimum absolute atomic E-state index is 0.0760. The number of nitrogens with zero attached hydrogens (tertiary/aromatic N) is 2. The molecular formula is C21H19FN4O3. The van der Waals surface area contributed by atoms with E-state index in [1.807, 2.05) is 6.07 Å². The van der Waals surface area contributed by atoms with Crippen molar-refractivity contribution in [2.75, 3.05) is 6.54 Å². The summed E-state index contributed by atoms with van der Waals surface area (Å²) in [5, 5.41) is 14.1. The van der Waals surface area contributed by atoms with E-state index < -0.39 is 29.9 Å². The Kier molecular flexibility index (Phi) is 5.33. The molecular weight excluding hydrogens is 375 g/mol. The number of benzene rings is 2. The molecule has 1 saturated heterocycles. The topological polar surface area (TPSA) is 102 Å². The van der Waals surface area contributed by atoms with Crippen LogP contribution in [0, 0.1) is 24.1 Å². The second-order valence-corrected chi connectivity index (χ2v) is 7.00. The highest BCUT2D eigenvalue weighted by atomic mass is 19.1. The normalized spacial score (nSPS) is 18.3. The molecule has 4 amide bonds. The summed E-state index contributed by atoms with van der Waals surface area (Å²) in [6.07, 6.45) is 0. The predicted octanol–water partition coefficient (Wildman–Crippen LogP) is 2.09. The Hall–Kier alpha value is -3.73. The number of nitriles is 1. The Bertz CT molecular complexity index is 1030. The summed E-state index contributed by atoms with van der Waals surface area (Å²) in [5.74, 6) is -1.48. The summed E-state index contributed by atoms with van der Waals surface area (Å²) in [6, 6.07) is 12.2. The lowest BCUT2D eigenvalue weighted by Gasteiger charge is -2.22. The van der Waals surface area contributed by atoms with Crippen molar-refractivity contribution in [1.82, 2.24) is 15.5 Å². The molecule has 0 saturated carbocycles. The smallest absolute Gasteiger partial charge is 0.325 e. The van der Waals surface area contributed by atoms with Crippen molar-refractivity contribution in [3.63, 3.8) is 0 Å². The second kappa shape index (κ2) is 7.72. The summed E-state index contributed by atoms with van der Waals surface area (Å²) < 4.78 is 13.6. The summed E-state index contributed by atoms with van der Waals surface area (Å²) in [6.45, 7) is 2.80. The molecule has 0 aliphatic carbocycles. The van der Waals surface area contributed by atoms with E-state index in [9.17, 15) is 18.8 Å². The quantitative estimate of drug-likeness (QED) is 0.758. The van der Waals surface area contributed by atoms with Crippen molar-refractivity contribution in [2.24, 2.45) is 0 Å². The van der Waals surface area contributed by atoms with Crippen LogP contribution < -0.4 is 10.6 Å². The van der Waals surface area contributed by atoms with Gasteiger partial charge in [-0.15, -0.1) is 0 Å². The maximum Gasteiger partial charge on any atom is 0.325 e. The molecule has 0 spiro atoms. The minimum Gasteiger partial charge on any atom is -0.350 e. The van der Waals surface area contributed by atoms with E-state index in [0.717, 1.165) is 4.90 Å². The zero-order valence-electron chi connectivity index (χ0n) is 16.0. The number of nitrogens with one attached hydrogen (secondary N) is 2. The first-order chi connectivity index (χ1) is 13.7. The fourth-order valence-electron chi connectivity index (χ4n) is 3.06. The number of urea groups is 1. The van der Waals surface area contributed by atoms with Crippen LogP contribution in [0.15, 0.2) is 42.5 Å². The zero-order chi connectivity index (χ0) is 21.2. The van der Waals surface area contributed by atoms with Crippen LogP contribution in [0.2, 0.25) is 0 Å². The molecule has 3 rings (SSSR count). The van der Waals surface area contributed by atoms with Crippen LogP contribution in [0.1, 0.15) is 29.2 Å². The second-order valence-electron chi connectivity index (χ2n) is 7.00. The van der Waals surface area contributed by atoms with Crippen LogP contribution in [0.3, 0.4) is 0 Å². The maximum absolute atomic E-state index is 13.6. The summed E-state index contributed by atoms with van der Waals surface area (Å²) in [7, 11) is 0. The van der Waals surface area contributed by atoms with Crippen LogP contribution in [0.4, 0.5) is 9.18 Å². The number of amides is 4. The standard InChI is InChI=1S/C21H19FN4O3/c1-13-3-4-15(9-17(13)22)11-24-18(27)12-26-19(28)21(2,25-20(26)29)16-7-5-14(10-23)6-8-16/h3-9H,11-12H2,1-2H3,(H,24,27)(H,25,29). The molecule has 1 aliphatic rings. The average Bonchev–Trinajstić information content (AvgIpc) is 2.93. The van der Waals surface area contributed by atoms with Crippen molar-refractivity contribution in [3.8, 4) is 6.07 Å². The van der Waals surface area contributed by atoms with E-state index in [2.05, 4.69) is 10.6 Å². The molecule has 1 fully saturated rings. The third kappa shape index (κ3) is 3.94. The Balaban J connectivity index is 1.66. The van der Waals surface area contributed by atoms with Gasteiger partial charge >= 0.3 is 6.03 Å². The SMILES string of the molecule is Cc1ccc(CNC(=O)CN2C(=O)NC(C)(c3ccc(C#N)cc3)C2=O)cc1F. The number of hydrogen-bond donors (Lipinski definition) is 2. The van der Waals surface area contributed by atoms with Gasteiger partial charge in [0.2, 0.25) is 5.91 Å². The molecule has 7 nitrogen and oxygen atoms in total. The Labute approximate surface area is 167 Å². The molecule has 0 bridgehead atoms. The van der Waals surface area contributed by atoms with E-state index in [4.69, 9.17) is 5.26 Å². The maximum atomic E-state index is 13.6. The third-order valence-electron chi connectivity index (χ3n) is 4.89. The number of aryl methyl sites for hydroxylation is 1. The van der Waals surface area contributed by atoms with Gasteiger partial charge in [-0.3, -0.25) is 14.5 Å². The summed E-state index contributed by atoms with van der Waals surface area (Å²) in [4.78, 5) is 38.2. The van der Waals surface area contributed by atoms with Gasteiger partial charge in [-0.2, -0.15) is 5.26 Å². The molecule has 8 heteroatoms. The molecule has 2 aromatic carbocycles. The molecule has 1 heterocycles. The first-order valence-corrected chi connectivity index (χ1v) is 8.91. The lowest BCUT2D eigenvalue weighted by molar-refractivity contribution is -0.134. The lowest BCUT2D eigenvalue weighted by atomic mass is 9.91. The van der Waals surface area contributed by atoms with E-state index in [-0.39, 0.29) is 12.4 Å². The van der Waals surface area contributed by atoms with Gasteiger partial charge in [-0.1, -0.05) is 24.3 Å². The monoisotopic (exact) mass is 394 g/mol. The van der Waals surface area contributed by atoms with Crippen molar-refractivity contribution in [2.45, 2.75) is 25.9 Å². The van der Waals surface area contributed by atoms with Gasteiger partial charge in [0.15, 0.2) is 0 Å². The zero-order valence-corrected chi connectivity index (χ0v) is 16.0. The lowest BCUT2D eigenvalue weighted by Crippen LogP contribution is -2.43. The minimum atomic E-state index is -1.33. The predicted molar refractivity (Wildman–Crippen MR) is 102 cm³/mol. The fraction of sp³-hybridized carbons (Fsp3) is 0.238. The first-order valence-electron chi connectivity index (χ1n) is 8.91. The molecule has 148 valence electrons. The van der Waals surface area contributed by atoms with Gasteiger partial charge in [-0.05, 0) is 48.7 Å². The fourth-order valence-corrected chi connectivity index (χ4v) is 3.06. The van der Waals surface area contributed by atoms with Gasteiger partial charge in [0.25, 0.3) is 5.91 Å². The van der Waals surface area contributed by atoms with Crippen LogP contribution in [0.5, 0.6) is 0 Å². The highest BCUT2D eigenvalue weighted by molar-refractivity contribution is 6.09. The Morgan fingerprint density at radius 3 is 2.55 bits per heavy atom. The number of halogens is 1. The van der Waals surface area contributed by atoms with Crippen LogP contribution >= 0.6 is 0 Å². The molecule has 0 radical (unpaired) electrons. The van der Waals surface area contributed by atoms with E-state index in [1.54, 1.807) is 50.2 Å². The largest absolute Gasteiger partial charge is 0.350 e. The molecule has 2 N–H and O–H groups in total. The van der Waals surface area contributed by atoms with Crippen LogP contribution in [0.25, 0.3) is 0 Å². The van der Waals surface area contributed by atoms with Gasteiger partial charge in [0, 0.05) is 6.54 Å². The van der Waals surface area contributed by atoms with Crippen molar-refractivity contribution in [1.29, 1.82) is 5.26 Å².